The minimum absolute atomic E-state index is 0.0867. The Labute approximate surface area is 107 Å². The molecule has 0 aromatic heterocycles. The highest BCUT2D eigenvalue weighted by Crippen LogP contribution is 2.10. The zero-order valence-electron chi connectivity index (χ0n) is 10.6. The molecule has 4 N–H and O–H groups in total. The summed E-state index contributed by atoms with van der Waals surface area (Å²) in [4.78, 5) is 0. The summed E-state index contributed by atoms with van der Waals surface area (Å²) in [6.45, 7) is 3.52. The first kappa shape index (κ1) is 14.4. The minimum Gasteiger partial charge on any atom is -0.409 e. The predicted molar refractivity (Wildman–Crippen MR) is 70.1 cm³/mol. The average Bonchev–Trinajstić information content (AvgIpc) is 2.39. The predicted octanol–water partition coefficient (Wildman–Crippen LogP) is 2.20. The van der Waals surface area contributed by atoms with Gasteiger partial charge in [-0.05, 0) is 19.0 Å². The average molecular weight is 253 g/mol. The first-order valence-electron chi connectivity index (χ1n) is 6.16. The Morgan fingerprint density at radius 2 is 2.22 bits per heavy atom. The Morgan fingerprint density at radius 1 is 1.44 bits per heavy atom. The van der Waals surface area contributed by atoms with E-state index in [1.807, 2.05) is 0 Å². The van der Waals surface area contributed by atoms with Crippen molar-refractivity contribution in [3.8, 4) is 0 Å². The van der Waals surface area contributed by atoms with Crippen molar-refractivity contribution in [2.45, 2.75) is 32.7 Å². The van der Waals surface area contributed by atoms with Crippen LogP contribution in [0.25, 0.3) is 0 Å². The molecule has 0 spiro atoms. The maximum atomic E-state index is 13.7. The maximum Gasteiger partial charge on any atom is 0.170 e. The molecule has 0 bridgehead atoms. The van der Waals surface area contributed by atoms with Crippen molar-refractivity contribution in [1.82, 2.24) is 5.32 Å². The van der Waals surface area contributed by atoms with Crippen LogP contribution in [0.4, 0.5) is 4.39 Å². The topological polar surface area (TPSA) is 70.6 Å². The molecular formula is C13H20FN3O. The van der Waals surface area contributed by atoms with E-state index in [0.717, 1.165) is 13.0 Å². The molecule has 5 heteroatoms. The molecule has 0 heterocycles. The number of halogens is 1. The van der Waals surface area contributed by atoms with Crippen LogP contribution < -0.4 is 11.1 Å². The van der Waals surface area contributed by atoms with E-state index in [4.69, 9.17) is 10.9 Å². The van der Waals surface area contributed by atoms with Crippen LogP contribution in [0.15, 0.2) is 23.4 Å². The Bertz CT molecular complexity index is 407. The van der Waals surface area contributed by atoms with Crippen LogP contribution in [-0.2, 0) is 6.54 Å². The fraction of sp³-hybridized carbons (Fsp3) is 0.462. The highest BCUT2D eigenvalue weighted by molar-refractivity contribution is 5.97. The third kappa shape index (κ3) is 4.33. The Kier molecular flexibility index (Phi) is 6.14. The number of nitrogens with one attached hydrogen (secondary N) is 1. The first-order valence-corrected chi connectivity index (χ1v) is 6.16. The highest BCUT2D eigenvalue weighted by atomic mass is 19.1. The Balaban J connectivity index is 2.52. The molecule has 100 valence electrons. The minimum atomic E-state index is -0.345. The van der Waals surface area contributed by atoms with E-state index < -0.39 is 0 Å². The van der Waals surface area contributed by atoms with Gasteiger partial charge in [0.05, 0.1) is 0 Å². The molecule has 18 heavy (non-hydrogen) atoms. The zero-order chi connectivity index (χ0) is 13.4. The molecule has 0 aliphatic rings. The molecule has 0 aliphatic heterocycles. The van der Waals surface area contributed by atoms with Crippen LogP contribution >= 0.6 is 0 Å². The van der Waals surface area contributed by atoms with Gasteiger partial charge in [0.1, 0.15) is 5.82 Å². The van der Waals surface area contributed by atoms with Crippen molar-refractivity contribution < 1.29 is 9.60 Å². The van der Waals surface area contributed by atoms with Gasteiger partial charge in [0.2, 0.25) is 0 Å². The SMILES string of the molecule is CCCCCNCc1ccc(C(N)=NO)cc1F. The maximum absolute atomic E-state index is 13.7. The summed E-state index contributed by atoms with van der Waals surface area (Å²) in [6, 6.07) is 4.56. The summed E-state index contributed by atoms with van der Waals surface area (Å²) in [5, 5.41) is 14.5. The largest absolute Gasteiger partial charge is 0.409 e. The normalized spacial score (nSPS) is 11.8. The highest BCUT2D eigenvalue weighted by Gasteiger charge is 2.05. The van der Waals surface area contributed by atoms with E-state index in [1.165, 1.54) is 18.9 Å². The lowest BCUT2D eigenvalue weighted by Crippen LogP contribution is -2.17. The lowest BCUT2D eigenvalue weighted by molar-refractivity contribution is 0.318. The van der Waals surface area contributed by atoms with Gasteiger partial charge < -0.3 is 16.3 Å². The van der Waals surface area contributed by atoms with Gasteiger partial charge in [-0.15, -0.1) is 0 Å². The van der Waals surface area contributed by atoms with E-state index in [9.17, 15) is 4.39 Å². The summed E-state index contributed by atoms with van der Waals surface area (Å²) >= 11 is 0. The molecule has 0 atom stereocenters. The van der Waals surface area contributed by atoms with Gasteiger partial charge >= 0.3 is 0 Å². The number of rotatable bonds is 7. The molecule has 0 saturated carbocycles. The molecule has 0 amide bonds. The van der Waals surface area contributed by atoms with Gasteiger partial charge in [-0.3, -0.25) is 0 Å². The molecular weight excluding hydrogens is 233 g/mol. The molecule has 0 aliphatic carbocycles. The Hall–Kier alpha value is -1.62. The van der Waals surface area contributed by atoms with E-state index in [2.05, 4.69) is 17.4 Å². The number of hydrogen-bond donors (Lipinski definition) is 3. The number of nitrogens with two attached hydrogens (primary N) is 1. The zero-order valence-corrected chi connectivity index (χ0v) is 10.6. The number of amidine groups is 1. The van der Waals surface area contributed by atoms with E-state index in [-0.39, 0.29) is 11.7 Å². The van der Waals surface area contributed by atoms with Crippen LogP contribution in [0.1, 0.15) is 37.3 Å². The fourth-order valence-electron chi connectivity index (χ4n) is 1.63. The molecule has 4 nitrogen and oxygen atoms in total. The second kappa shape index (κ2) is 7.66. The standard InChI is InChI=1S/C13H20FN3O/c1-2-3-4-7-16-9-11-6-5-10(8-12(11)14)13(15)17-18/h5-6,8,16,18H,2-4,7,9H2,1H3,(H2,15,17). The number of oxime groups is 1. The number of nitrogens with zero attached hydrogens (tertiary/aromatic N) is 1. The van der Waals surface area contributed by atoms with Gasteiger partial charge in [-0.2, -0.15) is 0 Å². The third-order valence-electron chi connectivity index (χ3n) is 2.73. The third-order valence-corrected chi connectivity index (χ3v) is 2.73. The number of benzene rings is 1. The quantitative estimate of drug-likeness (QED) is 0.229. The lowest BCUT2D eigenvalue weighted by Gasteiger charge is -2.07. The second-order valence-corrected chi connectivity index (χ2v) is 4.18. The van der Waals surface area contributed by atoms with Crippen LogP contribution in [0.2, 0.25) is 0 Å². The Morgan fingerprint density at radius 3 is 2.83 bits per heavy atom. The van der Waals surface area contributed by atoms with Crippen LogP contribution in [0.3, 0.4) is 0 Å². The van der Waals surface area contributed by atoms with Gasteiger partial charge in [0.15, 0.2) is 5.84 Å². The van der Waals surface area contributed by atoms with Crippen molar-refractivity contribution in [1.29, 1.82) is 0 Å². The second-order valence-electron chi connectivity index (χ2n) is 4.18. The summed E-state index contributed by atoms with van der Waals surface area (Å²) in [5.74, 6) is -0.432. The summed E-state index contributed by atoms with van der Waals surface area (Å²) < 4.78 is 13.7. The van der Waals surface area contributed by atoms with Gasteiger partial charge in [0, 0.05) is 17.7 Å². The molecule has 1 rings (SSSR count). The molecule has 0 fully saturated rings. The number of hydrogen-bond acceptors (Lipinski definition) is 3. The van der Waals surface area contributed by atoms with Gasteiger partial charge in [0.25, 0.3) is 0 Å². The summed E-state index contributed by atoms with van der Waals surface area (Å²) in [5.41, 5.74) is 6.35. The van der Waals surface area contributed by atoms with Crippen molar-refractivity contribution in [2.24, 2.45) is 10.9 Å². The van der Waals surface area contributed by atoms with Crippen molar-refractivity contribution in [2.75, 3.05) is 6.54 Å². The van der Waals surface area contributed by atoms with Crippen LogP contribution in [0.5, 0.6) is 0 Å². The number of unbranched alkanes of at least 4 members (excludes halogenated alkanes) is 2. The molecule has 1 aromatic carbocycles. The van der Waals surface area contributed by atoms with Crippen molar-refractivity contribution in [3.05, 3.63) is 35.1 Å². The fourth-order valence-corrected chi connectivity index (χ4v) is 1.63. The van der Waals surface area contributed by atoms with E-state index in [1.54, 1.807) is 12.1 Å². The van der Waals surface area contributed by atoms with E-state index >= 15 is 0 Å². The first-order chi connectivity index (χ1) is 8.69. The van der Waals surface area contributed by atoms with Gasteiger partial charge in [-0.1, -0.05) is 37.1 Å². The molecule has 0 unspecified atom stereocenters. The van der Waals surface area contributed by atoms with E-state index in [0.29, 0.717) is 17.7 Å². The van der Waals surface area contributed by atoms with Crippen LogP contribution in [0, 0.1) is 5.82 Å². The molecule has 1 aromatic rings. The van der Waals surface area contributed by atoms with Crippen molar-refractivity contribution in [3.63, 3.8) is 0 Å². The summed E-state index contributed by atoms with van der Waals surface area (Å²) in [7, 11) is 0. The summed E-state index contributed by atoms with van der Waals surface area (Å²) in [6.07, 6.45) is 3.45. The van der Waals surface area contributed by atoms with Crippen LogP contribution in [-0.4, -0.2) is 17.6 Å². The monoisotopic (exact) mass is 253 g/mol. The van der Waals surface area contributed by atoms with Gasteiger partial charge in [-0.25, -0.2) is 4.39 Å². The lowest BCUT2D eigenvalue weighted by atomic mass is 10.1. The molecule has 0 radical (unpaired) electrons. The smallest absolute Gasteiger partial charge is 0.170 e. The van der Waals surface area contributed by atoms with Crippen molar-refractivity contribution >= 4 is 5.84 Å². The molecule has 0 saturated heterocycles.